The summed E-state index contributed by atoms with van der Waals surface area (Å²) >= 11 is 0. The number of guanidine groups is 1. The van der Waals surface area contributed by atoms with Crippen molar-refractivity contribution in [2.45, 2.75) is 32.9 Å². The molecule has 1 fully saturated rings. The fourth-order valence-corrected chi connectivity index (χ4v) is 3.60. The van der Waals surface area contributed by atoms with Gasteiger partial charge in [-0.05, 0) is 43.9 Å². The highest BCUT2D eigenvalue weighted by Crippen LogP contribution is 2.21. The summed E-state index contributed by atoms with van der Waals surface area (Å²) in [6.45, 7) is 6.72. The lowest BCUT2D eigenvalue weighted by molar-refractivity contribution is -0.146. The second kappa shape index (κ2) is 13.2. The van der Waals surface area contributed by atoms with Crippen molar-refractivity contribution >= 4 is 29.9 Å². The molecule has 1 aromatic carbocycles. The van der Waals surface area contributed by atoms with E-state index < -0.39 is 12.7 Å². The van der Waals surface area contributed by atoms with Gasteiger partial charge in [0.05, 0.1) is 13.2 Å². The molecule has 1 heterocycles. The number of alkyl halides is 3. The fourth-order valence-electron chi connectivity index (χ4n) is 3.60. The van der Waals surface area contributed by atoms with Crippen LogP contribution in [-0.4, -0.2) is 74.9 Å². The van der Waals surface area contributed by atoms with Crippen molar-refractivity contribution in [1.29, 1.82) is 0 Å². The highest BCUT2D eigenvalue weighted by atomic mass is 127. The second-order valence-corrected chi connectivity index (χ2v) is 7.49. The summed E-state index contributed by atoms with van der Waals surface area (Å²) in [6, 6.07) is 7.93. The maximum Gasteiger partial charge on any atom is 0.401 e. The Labute approximate surface area is 195 Å². The van der Waals surface area contributed by atoms with Crippen LogP contribution in [0, 0.1) is 12.8 Å². The van der Waals surface area contributed by atoms with Gasteiger partial charge in [0.25, 0.3) is 0 Å². The Kier molecular flexibility index (Phi) is 11.8. The number of aliphatic imine (C=N–C) groups is 1. The number of benzene rings is 1. The van der Waals surface area contributed by atoms with E-state index in [4.69, 9.17) is 4.74 Å². The summed E-state index contributed by atoms with van der Waals surface area (Å²) in [4.78, 5) is 7.94. The molecule has 1 atom stereocenters. The molecule has 5 nitrogen and oxygen atoms in total. The van der Waals surface area contributed by atoms with Crippen LogP contribution in [0.4, 0.5) is 13.2 Å². The summed E-state index contributed by atoms with van der Waals surface area (Å²) in [6.07, 6.45) is -2.43. The molecule has 1 N–H and O–H groups in total. The van der Waals surface area contributed by atoms with Crippen molar-refractivity contribution < 1.29 is 17.9 Å². The van der Waals surface area contributed by atoms with Gasteiger partial charge in [-0.2, -0.15) is 13.2 Å². The van der Waals surface area contributed by atoms with Gasteiger partial charge in [-0.3, -0.25) is 9.89 Å². The Morgan fingerprint density at radius 3 is 2.70 bits per heavy atom. The maximum atomic E-state index is 12.7. The normalized spacial score (nSPS) is 17.2. The van der Waals surface area contributed by atoms with E-state index in [1.807, 2.05) is 31.2 Å². The minimum Gasteiger partial charge on any atom is -0.493 e. The monoisotopic (exact) mass is 542 g/mol. The van der Waals surface area contributed by atoms with E-state index in [1.54, 1.807) is 14.0 Å². The van der Waals surface area contributed by atoms with Crippen LogP contribution in [-0.2, 0) is 0 Å². The van der Waals surface area contributed by atoms with Crippen LogP contribution in [0.1, 0.15) is 25.3 Å². The van der Waals surface area contributed by atoms with Crippen molar-refractivity contribution in [2.24, 2.45) is 10.9 Å². The van der Waals surface area contributed by atoms with E-state index in [9.17, 15) is 13.2 Å². The Bertz CT molecular complexity index is 657. The number of rotatable bonds is 9. The molecule has 0 amide bonds. The second-order valence-electron chi connectivity index (χ2n) is 7.49. The molecule has 0 radical (unpaired) electrons. The van der Waals surface area contributed by atoms with E-state index in [1.165, 1.54) is 4.90 Å². The number of hydrogen-bond acceptors (Lipinski definition) is 3. The van der Waals surface area contributed by atoms with Crippen LogP contribution in [0.5, 0.6) is 5.75 Å². The van der Waals surface area contributed by atoms with Crippen molar-refractivity contribution in [1.82, 2.24) is 15.1 Å². The summed E-state index contributed by atoms with van der Waals surface area (Å²) in [5.41, 5.74) is 1.12. The zero-order chi connectivity index (χ0) is 21.3. The Morgan fingerprint density at radius 1 is 1.33 bits per heavy atom. The van der Waals surface area contributed by atoms with Gasteiger partial charge in [-0.25, -0.2) is 0 Å². The summed E-state index contributed by atoms with van der Waals surface area (Å²) < 4.78 is 43.8. The minimum absolute atomic E-state index is 0. The molecule has 0 saturated carbocycles. The number of ether oxygens (including phenoxy) is 1. The van der Waals surface area contributed by atoms with E-state index in [0.717, 1.165) is 49.7 Å². The third-order valence-electron chi connectivity index (χ3n) is 5.12. The Morgan fingerprint density at radius 2 is 2.07 bits per heavy atom. The van der Waals surface area contributed by atoms with Crippen LogP contribution in [0.2, 0.25) is 0 Å². The minimum atomic E-state index is -4.15. The Balaban J connectivity index is 0.00000450. The number of para-hydroxylation sites is 1. The number of aryl methyl sites for hydroxylation is 1. The summed E-state index contributed by atoms with van der Waals surface area (Å²) in [5.74, 6) is 1.93. The first-order valence-corrected chi connectivity index (χ1v) is 10.3. The summed E-state index contributed by atoms with van der Waals surface area (Å²) in [7, 11) is 1.74. The molecule has 0 aliphatic carbocycles. The van der Waals surface area contributed by atoms with Crippen molar-refractivity contribution in [3.05, 3.63) is 29.8 Å². The molecule has 30 heavy (non-hydrogen) atoms. The zero-order valence-corrected chi connectivity index (χ0v) is 20.4. The summed E-state index contributed by atoms with van der Waals surface area (Å²) in [5, 5.41) is 3.34. The van der Waals surface area contributed by atoms with Crippen molar-refractivity contribution in [2.75, 3.05) is 52.9 Å². The molecule has 1 unspecified atom stereocenters. The number of nitrogens with zero attached hydrogens (tertiary/aromatic N) is 3. The maximum absolute atomic E-state index is 12.7. The van der Waals surface area contributed by atoms with Gasteiger partial charge < -0.3 is 15.0 Å². The van der Waals surface area contributed by atoms with Crippen molar-refractivity contribution in [3.8, 4) is 5.75 Å². The molecule has 172 valence electrons. The van der Waals surface area contributed by atoms with Gasteiger partial charge in [0.2, 0.25) is 0 Å². The van der Waals surface area contributed by atoms with E-state index in [0.29, 0.717) is 19.7 Å². The fraction of sp³-hybridized carbons (Fsp3) is 0.667. The predicted molar refractivity (Wildman–Crippen MR) is 126 cm³/mol. The SMILES string of the molecule is CCN(CC1CCN(C(=NC)NCCCOc2ccccc2C)C1)CC(F)(F)F.I. The van der Waals surface area contributed by atoms with Crippen LogP contribution >= 0.6 is 24.0 Å². The lowest BCUT2D eigenvalue weighted by Crippen LogP contribution is -2.42. The molecular weight excluding hydrogens is 508 g/mol. The lowest BCUT2D eigenvalue weighted by atomic mass is 10.1. The molecule has 1 aliphatic rings. The number of nitrogens with one attached hydrogen (secondary N) is 1. The molecule has 0 aromatic heterocycles. The van der Waals surface area contributed by atoms with E-state index >= 15 is 0 Å². The number of hydrogen-bond donors (Lipinski definition) is 1. The van der Waals surface area contributed by atoms with Gasteiger partial charge in [-0.1, -0.05) is 25.1 Å². The van der Waals surface area contributed by atoms with E-state index in [2.05, 4.69) is 15.2 Å². The van der Waals surface area contributed by atoms with Gasteiger partial charge >= 0.3 is 6.18 Å². The lowest BCUT2D eigenvalue weighted by Gasteiger charge is -2.26. The van der Waals surface area contributed by atoms with Gasteiger partial charge in [0, 0.05) is 33.2 Å². The van der Waals surface area contributed by atoms with Crippen molar-refractivity contribution in [3.63, 3.8) is 0 Å². The molecule has 1 aliphatic heterocycles. The van der Waals surface area contributed by atoms with Crippen LogP contribution in [0.15, 0.2) is 29.3 Å². The average molecular weight is 542 g/mol. The first kappa shape index (κ1) is 26.8. The molecule has 9 heteroatoms. The van der Waals surface area contributed by atoms with Gasteiger partial charge in [0.15, 0.2) is 5.96 Å². The molecule has 0 spiro atoms. The molecule has 0 bridgehead atoms. The van der Waals surface area contributed by atoms with E-state index in [-0.39, 0.29) is 29.9 Å². The first-order chi connectivity index (χ1) is 13.8. The van der Waals surface area contributed by atoms with Crippen LogP contribution in [0.25, 0.3) is 0 Å². The average Bonchev–Trinajstić information content (AvgIpc) is 3.12. The number of likely N-dealkylation sites (tertiary alicyclic amines) is 1. The standard InChI is InChI=1S/C21H33F3N4O.HI/c1-4-27(16-21(22,23)24)14-18-10-12-28(15-18)20(25-3)26-11-7-13-29-19-9-6-5-8-17(19)2;/h5-6,8-9,18H,4,7,10-16H2,1-3H3,(H,25,26);1H. The smallest absolute Gasteiger partial charge is 0.401 e. The third kappa shape index (κ3) is 9.28. The molecule has 1 aromatic rings. The largest absolute Gasteiger partial charge is 0.493 e. The van der Waals surface area contributed by atoms with Crippen LogP contribution < -0.4 is 10.1 Å². The molecule has 1 saturated heterocycles. The highest BCUT2D eigenvalue weighted by Gasteiger charge is 2.32. The van der Waals surface area contributed by atoms with Gasteiger partial charge in [-0.15, -0.1) is 24.0 Å². The van der Waals surface area contributed by atoms with Gasteiger partial charge in [0.1, 0.15) is 5.75 Å². The quantitative estimate of drug-likeness (QED) is 0.220. The molecular formula is C21H34F3IN4O. The zero-order valence-electron chi connectivity index (χ0n) is 18.0. The topological polar surface area (TPSA) is 40.1 Å². The third-order valence-corrected chi connectivity index (χ3v) is 5.12. The Hall–Kier alpha value is -1.23. The highest BCUT2D eigenvalue weighted by molar-refractivity contribution is 14.0. The van der Waals surface area contributed by atoms with Crippen LogP contribution in [0.3, 0.4) is 0 Å². The first-order valence-electron chi connectivity index (χ1n) is 10.3. The number of halogens is 4. The molecule has 2 rings (SSSR count). The predicted octanol–water partition coefficient (Wildman–Crippen LogP) is 4.16.